The van der Waals surface area contributed by atoms with E-state index in [2.05, 4.69) is 34.1 Å². The summed E-state index contributed by atoms with van der Waals surface area (Å²) in [7, 11) is 0. The number of ether oxygens (including phenoxy) is 2. The molecule has 0 aliphatic carbocycles. The number of nitrogens with zero attached hydrogens (tertiary/aromatic N) is 2. The van der Waals surface area contributed by atoms with Gasteiger partial charge in [-0.2, -0.15) is 0 Å². The largest absolute Gasteiger partial charge is 0.484 e. The lowest BCUT2D eigenvalue weighted by molar-refractivity contribution is 0.120. The van der Waals surface area contributed by atoms with Gasteiger partial charge in [-0.05, 0) is 36.1 Å². The molecule has 0 saturated carbocycles. The van der Waals surface area contributed by atoms with Crippen molar-refractivity contribution in [3.63, 3.8) is 0 Å². The summed E-state index contributed by atoms with van der Waals surface area (Å²) in [5, 5.41) is 0.568. The minimum Gasteiger partial charge on any atom is -0.484 e. The molecule has 6 heteroatoms. The minimum absolute atomic E-state index is 0.101. The van der Waals surface area contributed by atoms with Crippen molar-refractivity contribution in [2.75, 3.05) is 50.9 Å². The molecule has 2 aliphatic heterocycles. The summed E-state index contributed by atoms with van der Waals surface area (Å²) in [5.41, 5.74) is 4.29. The third kappa shape index (κ3) is 4.05. The van der Waals surface area contributed by atoms with Crippen molar-refractivity contribution in [3.8, 4) is 5.75 Å². The first kappa shape index (κ1) is 20.1. The monoisotopic (exact) mass is 420 g/mol. The Morgan fingerprint density at radius 2 is 1.81 bits per heavy atom. The van der Waals surface area contributed by atoms with Gasteiger partial charge >= 0.3 is 0 Å². The van der Waals surface area contributed by atoms with E-state index >= 15 is 0 Å². The quantitative estimate of drug-likeness (QED) is 0.631. The van der Waals surface area contributed by atoms with Crippen LogP contribution < -0.4 is 15.1 Å². The lowest BCUT2D eigenvalue weighted by atomic mass is 10.0. The number of hydrogen-bond donors (Lipinski definition) is 0. The van der Waals surface area contributed by atoms with E-state index in [1.807, 2.05) is 25.1 Å². The van der Waals surface area contributed by atoms with Crippen molar-refractivity contribution in [1.29, 1.82) is 0 Å². The fraction of sp³-hybridized carbons (Fsp3) is 0.400. The van der Waals surface area contributed by atoms with Crippen molar-refractivity contribution in [2.24, 2.45) is 0 Å². The molecule has 31 heavy (non-hydrogen) atoms. The molecule has 0 atom stereocenters. The average molecular weight is 421 g/mol. The average Bonchev–Trinajstić information content (AvgIpc) is 2.81. The van der Waals surface area contributed by atoms with Gasteiger partial charge in [0.05, 0.1) is 18.6 Å². The van der Waals surface area contributed by atoms with Gasteiger partial charge in [-0.3, -0.25) is 9.69 Å². The molecule has 3 heterocycles. The Balaban J connectivity index is 1.38. The van der Waals surface area contributed by atoms with Gasteiger partial charge < -0.3 is 18.8 Å². The highest BCUT2D eigenvalue weighted by atomic mass is 16.5. The number of benzene rings is 2. The molecule has 0 spiro atoms. The zero-order valence-corrected chi connectivity index (χ0v) is 17.9. The fourth-order valence-corrected chi connectivity index (χ4v) is 4.45. The van der Waals surface area contributed by atoms with Crippen LogP contribution in [0.25, 0.3) is 11.0 Å². The molecule has 2 aliphatic rings. The van der Waals surface area contributed by atoms with E-state index in [0.717, 1.165) is 31.6 Å². The molecule has 1 saturated heterocycles. The number of para-hydroxylation sites is 1. The summed E-state index contributed by atoms with van der Waals surface area (Å²) >= 11 is 0. The Bertz CT molecular complexity index is 1130. The van der Waals surface area contributed by atoms with Crippen molar-refractivity contribution in [2.45, 2.75) is 19.9 Å². The highest BCUT2D eigenvalue weighted by molar-refractivity contribution is 5.83. The van der Waals surface area contributed by atoms with Gasteiger partial charge in [-0.1, -0.05) is 36.4 Å². The van der Waals surface area contributed by atoms with E-state index < -0.39 is 0 Å². The second-order valence-electron chi connectivity index (χ2n) is 8.26. The van der Waals surface area contributed by atoms with Crippen LogP contribution >= 0.6 is 0 Å². The first-order chi connectivity index (χ1) is 15.2. The molecule has 5 rings (SSSR count). The highest BCUT2D eigenvalue weighted by Crippen LogP contribution is 2.31. The number of anilines is 1. The second kappa shape index (κ2) is 8.73. The van der Waals surface area contributed by atoms with Gasteiger partial charge in [0.15, 0.2) is 0 Å². The summed E-state index contributed by atoms with van der Waals surface area (Å²) in [6.45, 7) is 7.68. The zero-order chi connectivity index (χ0) is 21.2. The van der Waals surface area contributed by atoms with E-state index in [1.165, 1.54) is 11.1 Å². The van der Waals surface area contributed by atoms with Gasteiger partial charge in [0.1, 0.15) is 12.2 Å². The van der Waals surface area contributed by atoms with Crippen LogP contribution in [-0.4, -0.2) is 50.9 Å². The Labute approximate surface area is 182 Å². The summed E-state index contributed by atoms with van der Waals surface area (Å²) in [5.74, 6) is 0.844. The van der Waals surface area contributed by atoms with E-state index in [1.54, 1.807) is 0 Å². The van der Waals surface area contributed by atoms with Crippen LogP contribution in [-0.2, 0) is 17.7 Å². The second-order valence-corrected chi connectivity index (χ2v) is 8.26. The van der Waals surface area contributed by atoms with Crippen LogP contribution in [0, 0.1) is 6.92 Å². The minimum atomic E-state index is -0.101. The third-order valence-electron chi connectivity index (χ3n) is 6.22. The predicted octanol–water partition coefficient (Wildman–Crippen LogP) is 3.38. The summed E-state index contributed by atoms with van der Waals surface area (Å²) in [4.78, 5) is 17.8. The standard InChI is InChI=1S/C25H28N2O4/c1-18-5-4-8-21-22(28)24(25(31-23(18)21)27-12-14-29-15-13-27)30-16-11-26-10-9-19-6-2-3-7-20(19)17-26/h2-8H,9-17H2,1H3. The maximum absolute atomic E-state index is 13.3. The Morgan fingerprint density at radius 3 is 2.65 bits per heavy atom. The van der Waals surface area contributed by atoms with E-state index in [9.17, 15) is 4.79 Å². The van der Waals surface area contributed by atoms with Crippen molar-refractivity contribution < 1.29 is 13.9 Å². The summed E-state index contributed by atoms with van der Waals surface area (Å²) in [6, 6.07) is 14.3. The van der Waals surface area contributed by atoms with E-state index in [4.69, 9.17) is 13.9 Å². The van der Waals surface area contributed by atoms with Gasteiger partial charge in [0.25, 0.3) is 0 Å². The van der Waals surface area contributed by atoms with Crippen LogP contribution in [0.4, 0.5) is 5.88 Å². The molecule has 0 unspecified atom stereocenters. The smallest absolute Gasteiger partial charge is 0.243 e. The maximum atomic E-state index is 13.3. The van der Waals surface area contributed by atoms with Crippen LogP contribution in [0.1, 0.15) is 16.7 Å². The van der Waals surface area contributed by atoms with Crippen molar-refractivity contribution in [1.82, 2.24) is 4.90 Å². The predicted molar refractivity (Wildman–Crippen MR) is 121 cm³/mol. The van der Waals surface area contributed by atoms with Crippen molar-refractivity contribution in [3.05, 3.63) is 69.4 Å². The van der Waals surface area contributed by atoms with Gasteiger partial charge in [-0.15, -0.1) is 0 Å². The third-order valence-corrected chi connectivity index (χ3v) is 6.22. The topological polar surface area (TPSA) is 55.2 Å². The molecule has 3 aromatic rings. The first-order valence-electron chi connectivity index (χ1n) is 11.0. The molecule has 2 aromatic carbocycles. The molecule has 1 fully saturated rings. The number of aryl methyl sites for hydroxylation is 1. The highest BCUT2D eigenvalue weighted by Gasteiger charge is 2.24. The van der Waals surface area contributed by atoms with Crippen LogP contribution in [0.15, 0.2) is 51.7 Å². The molecule has 0 bridgehead atoms. The van der Waals surface area contributed by atoms with Gasteiger partial charge in [-0.25, -0.2) is 0 Å². The normalized spacial score (nSPS) is 17.0. The summed E-state index contributed by atoms with van der Waals surface area (Å²) < 4.78 is 17.9. The van der Waals surface area contributed by atoms with E-state index in [0.29, 0.717) is 55.5 Å². The molecule has 0 amide bonds. The molecule has 0 radical (unpaired) electrons. The first-order valence-corrected chi connectivity index (χ1v) is 11.0. The Kier molecular flexibility index (Phi) is 5.66. The van der Waals surface area contributed by atoms with Gasteiger partial charge in [0.2, 0.25) is 17.1 Å². The maximum Gasteiger partial charge on any atom is 0.243 e. The van der Waals surface area contributed by atoms with E-state index in [-0.39, 0.29) is 5.43 Å². The SMILES string of the molecule is Cc1cccc2c(=O)c(OCCN3CCc4ccccc4C3)c(N3CCOCC3)oc12. The molecule has 6 nitrogen and oxygen atoms in total. The van der Waals surface area contributed by atoms with Crippen LogP contribution in [0.2, 0.25) is 0 Å². The number of fused-ring (bicyclic) bond motifs is 2. The number of hydrogen-bond acceptors (Lipinski definition) is 6. The molecule has 1 aromatic heterocycles. The molecule has 162 valence electrons. The van der Waals surface area contributed by atoms with Crippen LogP contribution in [0.3, 0.4) is 0 Å². The van der Waals surface area contributed by atoms with Crippen LogP contribution in [0.5, 0.6) is 5.75 Å². The molecular formula is C25H28N2O4. The van der Waals surface area contributed by atoms with Gasteiger partial charge in [0, 0.05) is 32.7 Å². The Hall–Kier alpha value is -2.83. The summed E-state index contributed by atoms with van der Waals surface area (Å²) in [6.07, 6.45) is 1.05. The van der Waals surface area contributed by atoms with Crippen molar-refractivity contribution >= 4 is 16.9 Å². The molecular weight excluding hydrogens is 392 g/mol. The lowest BCUT2D eigenvalue weighted by Gasteiger charge is -2.30. The number of morpholine rings is 1. The lowest BCUT2D eigenvalue weighted by Crippen LogP contribution is -2.37. The fourth-order valence-electron chi connectivity index (χ4n) is 4.45. The molecule has 0 N–H and O–H groups in total. The Morgan fingerprint density at radius 1 is 1.00 bits per heavy atom. The number of rotatable bonds is 5. The zero-order valence-electron chi connectivity index (χ0n) is 17.9.